The number of rotatable bonds is 2. The van der Waals surface area contributed by atoms with E-state index in [1.165, 1.54) is 10.6 Å². The van der Waals surface area contributed by atoms with Crippen molar-refractivity contribution in [3.63, 3.8) is 0 Å². The van der Waals surface area contributed by atoms with Gasteiger partial charge in [0.1, 0.15) is 5.82 Å². The molecular formula is C12H12N2O. The van der Waals surface area contributed by atoms with Crippen LogP contribution in [0.2, 0.25) is 0 Å². The average Bonchev–Trinajstić information content (AvgIpc) is 2.30. The molecular weight excluding hydrogens is 188 g/mol. The Morgan fingerprint density at radius 1 is 1.33 bits per heavy atom. The summed E-state index contributed by atoms with van der Waals surface area (Å²) in [5.41, 5.74) is -0.0644. The predicted octanol–water partition coefficient (Wildman–Crippen LogP) is 1.66. The minimum Gasteiger partial charge on any atom is -0.331 e. The summed E-state index contributed by atoms with van der Waals surface area (Å²) in [4.78, 5) is 13.5. The normalized spacial score (nSPS) is 14.3. The van der Waals surface area contributed by atoms with Gasteiger partial charge < -0.3 is 4.90 Å². The molecule has 0 bridgehead atoms. The summed E-state index contributed by atoms with van der Waals surface area (Å²) >= 11 is 0. The Balaban J connectivity index is 2.29. The zero-order valence-electron chi connectivity index (χ0n) is 8.34. The third-order valence-corrected chi connectivity index (χ3v) is 2.25. The van der Waals surface area contributed by atoms with Gasteiger partial charge in [-0.2, -0.15) is 0 Å². The molecule has 0 aliphatic carbocycles. The van der Waals surface area contributed by atoms with Crippen LogP contribution in [0.5, 0.6) is 0 Å². The van der Waals surface area contributed by atoms with Crippen LogP contribution in [-0.4, -0.2) is 16.0 Å². The van der Waals surface area contributed by atoms with Crippen molar-refractivity contribution in [2.45, 2.75) is 0 Å². The number of hydrogen-bond acceptors (Lipinski definition) is 2. The summed E-state index contributed by atoms with van der Waals surface area (Å²) in [7, 11) is 0. The molecule has 76 valence electrons. The molecule has 3 heteroatoms. The quantitative estimate of drug-likeness (QED) is 0.725. The first-order valence-corrected chi connectivity index (χ1v) is 4.76. The van der Waals surface area contributed by atoms with Crippen molar-refractivity contribution in [1.29, 1.82) is 0 Å². The van der Waals surface area contributed by atoms with Gasteiger partial charge in [-0.3, -0.25) is 9.36 Å². The molecule has 0 radical (unpaired) electrons. The standard InChI is InChI=1S/C12H12N2O/c1-11(13-8-4-2-5-9-13)14-10-6-3-7-12(14)15/h2-8,10H,1,9H2. The fraction of sp³-hybridized carbons (Fsp3) is 0.0833. The highest BCUT2D eigenvalue weighted by Gasteiger charge is 2.06. The van der Waals surface area contributed by atoms with Crippen molar-refractivity contribution >= 4 is 5.82 Å². The third kappa shape index (κ3) is 1.91. The summed E-state index contributed by atoms with van der Waals surface area (Å²) in [5, 5.41) is 0. The summed E-state index contributed by atoms with van der Waals surface area (Å²) in [6, 6.07) is 5.06. The fourth-order valence-electron chi connectivity index (χ4n) is 1.44. The van der Waals surface area contributed by atoms with Crippen LogP contribution in [0.4, 0.5) is 0 Å². The minimum atomic E-state index is -0.0644. The zero-order chi connectivity index (χ0) is 10.7. The lowest BCUT2D eigenvalue weighted by molar-refractivity contribution is 0.550. The molecule has 15 heavy (non-hydrogen) atoms. The highest BCUT2D eigenvalue weighted by atomic mass is 16.1. The molecule has 1 aromatic rings. The number of hydrogen-bond donors (Lipinski definition) is 0. The maximum Gasteiger partial charge on any atom is 0.256 e. The van der Waals surface area contributed by atoms with Crippen molar-refractivity contribution in [2.75, 3.05) is 6.54 Å². The highest BCUT2D eigenvalue weighted by Crippen LogP contribution is 2.09. The molecule has 0 aromatic carbocycles. The molecule has 0 saturated carbocycles. The monoisotopic (exact) mass is 200 g/mol. The largest absolute Gasteiger partial charge is 0.331 e. The Kier molecular flexibility index (Phi) is 2.54. The Morgan fingerprint density at radius 3 is 2.87 bits per heavy atom. The summed E-state index contributed by atoms with van der Waals surface area (Å²) in [5.74, 6) is 0.668. The van der Waals surface area contributed by atoms with Gasteiger partial charge in [0.05, 0.1) is 0 Å². The van der Waals surface area contributed by atoms with Gasteiger partial charge in [0.15, 0.2) is 0 Å². The van der Waals surface area contributed by atoms with E-state index in [-0.39, 0.29) is 5.56 Å². The summed E-state index contributed by atoms with van der Waals surface area (Å²) in [6.45, 7) is 4.66. The fourth-order valence-corrected chi connectivity index (χ4v) is 1.44. The van der Waals surface area contributed by atoms with E-state index in [0.717, 1.165) is 6.54 Å². The van der Waals surface area contributed by atoms with Gasteiger partial charge in [-0.15, -0.1) is 0 Å². The van der Waals surface area contributed by atoms with Gasteiger partial charge in [0, 0.05) is 25.0 Å². The van der Waals surface area contributed by atoms with Crippen molar-refractivity contribution in [3.8, 4) is 0 Å². The van der Waals surface area contributed by atoms with E-state index in [0.29, 0.717) is 5.82 Å². The molecule has 0 spiro atoms. The van der Waals surface area contributed by atoms with Crippen LogP contribution in [0.25, 0.3) is 5.82 Å². The van der Waals surface area contributed by atoms with Gasteiger partial charge in [-0.1, -0.05) is 24.8 Å². The van der Waals surface area contributed by atoms with Gasteiger partial charge >= 0.3 is 0 Å². The molecule has 1 aliphatic rings. The number of allylic oxidation sites excluding steroid dienone is 2. The Labute approximate surface area is 88.3 Å². The molecule has 2 heterocycles. The lowest BCUT2D eigenvalue weighted by atomic mass is 10.3. The van der Waals surface area contributed by atoms with Gasteiger partial charge in [-0.05, 0) is 12.1 Å². The van der Waals surface area contributed by atoms with Gasteiger partial charge in [0.2, 0.25) is 0 Å². The van der Waals surface area contributed by atoms with E-state index in [1.54, 1.807) is 12.3 Å². The van der Waals surface area contributed by atoms with Crippen LogP contribution in [-0.2, 0) is 0 Å². The second kappa shape index (κ2) is 4.00. The lowest BCUT2D eigenvalue weighted by Crippen LogP contribution is -2.27. The molecule has 1 aliphatic heterocycles. The average molecular weight is 200 g/mol. The van der Waals surface area contributed by atoms with E-state index < -0.39 is 0 Å². The van der Waals surface area contributed by atoms with Crippen LogP contribution in [0.1, 0.15) is 0 Å². The SMILES string of the molecule is C=C(N1C=CC=CC1)n1ccccc1=O. The van der Waals surface area contributed by atoms with E-state index in [2.05, 4.69) is 6.58 Å². The Morgan fingerprint density at radius 2 is 2.20 bits per heavy atom. The van der Waals surface area contributed by atoms with Crippen LogP contribution < -0.4 is 5.56 Å². The van der Waals surface area contributed by atoms with E-state index >= 15 is 0 Å². The molecule has 0 N–H and O–H groups in total. The zero-order valence-corrected chi connectivity index (χ0v) is 8.34. The first-order valence-electron chi connectivity index (χ1n) is 4.76. The molecule has 0 amide bonds. The van der Waals surface area contributed by atoms with Gasteiger partial charge in [0.25, 0.3) is 5.56 Å². The van der Waals surface area contributed by atoms with Crippen LogP contribution >= 0.6 is 0 Å². The Hall–Kier alpha value is -2.03. The van der Waals surface area contributed by atoms with Crippen molar-refractivity contribution in [3.05, 3.63) is 65.8 Å². The lowest BCUT2D eigenvalue weighted by Gasteiger charge is -2.23. The molecule has 0 unspecified atom stereocenters. The Bertz CT molecular complexity index is 482. The minimum absolute atomic E-state index is 0.0644. The van der Waals surface area contributed by atoms with E-state index in [1.807, 2.05) is 35.4 Å². The van der Waals surface area contributed by atoms with Crippen molar-refractivity contribution in [2.24, 2.45) is 0 Å². The second-order valence-corrected chi connectivity index (χ2v) is 3.25. The van der Waals surface area contributed by atoms with Crippen molar-refractivity contribution < 1.29 is 0 Å². The second-order valence-electron chi connectivity index (χ2n) is 3.25. The third-order valence-electron chi connectivity index (χ3n) is 2.25. The number of aromatic nitrogens is 1. The molecule has 3 nitrogen and oxygen atoms in total. The summed E-state index contributed by atoms with van der Waals surface area (Å²) in [6.07, 6.45) is 9.53. The molecule has 0 fully saturated rings. The van der Waals surface area contributed by atoms with E-state index in [4.69, 9.17) is 0 Å². The number of nitrogens with zero attached hydrogens (tertiary/aromatic N) is 2. The van der Waals surface area contributed by atoms with E-state index in [9.17, 15) is 4.79 Å². The van der Waals surface area contributed by atoms with Crippen LogP contribution in [0.15, 0.2) is 60.2 Å². The molecule has 0 saturated heterocycles. The topological polar surface area (TPSA) is 25.2 Å². The van der Waals surface area contributed by atoms with Crippen LogP contribution in [0, 0.1) is 0 Å². The predicted molar refractivity (Wildman–Crippen MR) is 61.0 cm³/mol. The summed E-state index contributed by atoms with van der Waals surface area (Å²) < 4.78 is 1.53. The van der Waals surface area contributed by atoms with Crippen LogP contribution in [0.3, 0.4) is 0 Å². The smallest absolute Gasteiger partial charge is 0.256 e. The molecule has 0 atom stereocenters. The molecule has 1 aromatic heterocycles. The first kappa shape index (κ1) is 9.52. The van der Waals surface area contributed by atoms with Gasteiger partial charge in [-0.25, -0.2) is 0 Å². The molecule has 2 rings (SSSR count). The maximum atomic E-state index is 11.5. The van der Waals surface area contributed by atoms with Crippen molar-refractivity contribution in [1.82, 2.24) is 9.47 Å². The number of pyridine rings is 1. The highest BCUT2D eigenvalue weighted by molar-refractivity contribution is 5.42. The maximum absolute atomic E-state index is 11.5. The first-order chi connectivity index (χ1) is 7.29.